The van der Waals surface area contributed by atoms with E-state index in [0.717, 1.165) is 10.3 Å². The summed E-state index contributed by atoms with van der Waals surface area (Å²) in [6.45, 7) is 2.34. The van der Waals surface area contributed by atoms with Crippen LogP contribution in [0.1, 0.15) is 63.9 Å². The molecule has 0 aliphatic heterocycles. The number of benzene rings is 1. The molecular weight excluding hydrogens is 236 g/mol. The highest BCUT2D eigenvalue weighted by Crippen LogP contribution is 2.59. The minimum atomic E-state index is 0.511. The smallest absolute Gasteiger partial charge is 0.00401 e. The lowest BCUT2D eigenvalue weighted by atomic mass is 9.51. The average molecular weight is 260 g/mol. The van der Waals surface area contributed by atoms with Crippen molar-refractivity contribution in [3.05, 3.63) is 29.8 Å². The van der Waals surface area contributed by atoms with Gasteiger partial charge in [-0.2, -0.15) is 0 Å². The first-order valence-corrected chi connectivity index (χ1v) is 7.92. The Hall–Kier alpha value is -0.430. The van der Waals surface area contributed by atoms with E-state index < -0.39 is 0 Å². The van der Waals surface area contributed by atoms with Gasteiger partial charge in [-0.05, 0) is 73.5 Å². The molecule has 3 aliphatic rings. The van der Waals surface area contributed by atoms with Gasteiger partial charge in [0.05, 0.1) is 0 Å². The predicted molar refractivity (Wildman–Crippen MR) is 80.4 cm³/mol. The Bertz CT molecular complexity index is 393. The van der Waals surface area contributed by atoms with E-state index in [1.54, 1.807) is 5.56 Å². The second kappa shape index (κ2) is 4.59. The van der Waals surface area contributed by atoms with E-state index in [2.05, 4.69) is 43.8 Å². The second-order valence-electron chi connectivity index (χ2n) is 6.58. The van der Waals surface area contributed by atoms with Crippen molar-refractivity contribution in [2.45, 2.75) is 68.6 Å². The fourth-order valence-electron chi connectivity index (χ4n) is 4.42. The van der Waals surface area contributed by atoms with E-state index in [4.69, 9.17) is 0 Å². The number of fused-ring (bicyclic) bond motifs is 3. The Balaban J connectivity index is 1.82. The molecule has 0 radical (unpaired) electrons. The lowest BCUT2D eigenvalue weighted by Crippen LogP contribution is -2.44. The van der Waals surface area contributed by atoms with Crippen LogP contribution >= 0.6 is 12.6 Å². The quantitative estimate of drug-likeness (QED) is 0.694. The Morgan fingerprint density at radius 2 is 1.50 bits per heavy atom. The molecule has 18 heavy (non-hydrogen) atoms. The summed E-state index contributed by atoms with van der Waals surface area (Å²) >= 11 is 4.40. The standard InChI is InChI=1S/C17H24S/c1-2-7-16-8-11-17(12-9-16,13-10-16)14-3-5-15(18)6-4-14/h3-6,18H,2,7-13H2,1H3. The van der Waals surface area contributed by atoms with E-state index in [-0.39, 0.29) is 0 Å². The topological polar surface area (TPSA) is 0 Å². The maximum atomic E-state index is 4.40. The maximum absolute atomic E-state index is 4.40. The predicted octanol–water partition coefficient (Wildman–Crippen LogP) is 5.37. The van der Waals surface area contributed by atoms with E-state index in [9.17, 15) is 0 Å². The summed E-state index contributed by atoms with van der Waals surface area (Å²) in [5.41, 5.74) is 2.81. The largest absolute Gasteiger partial charge is 0.143 e. The molecule has 1 heteroatoms. The molecule has 4 rings (SSSR count). The molecule has 1 aromatic rings. The first-order chi connectivity index (χ1) is 8.68. The lowest BCUT2D eigenvalue weighted by Gasteiger charge is -2.54. The van der Waals surface area contributed by atoms with Crippen LogP contribution in [0.15, 0.2) is 29.2 Å². The fourth-order valence-corrected chi connectivity index (χ4v) is 4.57. The number of thiol groups is 1. The van der Waals surface area contributed by atoms with Crippen LogP contribution in [0.4, 0.5) is 0 Å². The molecule has 1 aromatic carbocycles. The molecule has 0 saturated heterocycles. The van der Waals surface area contributed by atoms with Crippen molar-refractivity contribution in [1.82, 2.24) is 0 Å². The summed E-state index contributed by atoms with van der Waals surface area (Å²) in [6.07, 6.45) is 11.5. The number of hydrogen-bond acceptors (Lipinski definition) is 1. The summed E-state index contributed by atoms with van der Waals surface area (Å²) in [5, 5.41) is 0. The van der Waals surface area contributed by atoms with Gasteiger partial charge in [0, 0.05) is 4.90 Å². The fraction of sp³-hybridized carbons (Fsp3) is 0.647. The molecule has 0 unspecified atom stereocenters. The van der Waals surface area contributed by atoms with Gasteiger partial charge in [0.15, 0.2) is 0 Å². The van der Waals surface area contributed by atoms with E-state index in [0.29, 0.717) is 5.41 Å². The normalized spacial score (nSPS) is 34.8. The van der Waals surface area contributed by atoms with Gasteiger partial charge in [0.2, 0.25) is 0 Å². The molecule has 0 heterocycles. The Labute approximate surface area is 117 Å². The van der Waals surface area contributed by atoms with E-state index in [1.807, 2.05) is 0 Å². The van der Waals surface area contributed by atoms with Crippen LogP contribution in [0.3, 0.4) is 0 Å². The molecule has 98 valence electrons. The Morgan fingerprint density at radius 1 is 0.944 bits per heavy atom. The van der Waals surface area contributed by atoms with Gasteiger partial charge in [-0.1, -0.05) is 25.5 Å². The molecule has 0 nitrogen and oxygen atoms in total. The maximum Gasteiger partial charge on any atom is 0.00401 e. The van der Waals surface area contributed by atoms with Gasteiger partial charge < -0.3 is 0 Å². The Kier molecular flexibility index (Phi) is 3.21. The molecule has 0 aromatic heterocycles. The SMILES string of the molecule is CCCC12CCC(c3ccc(S)cc3)(CC1)CC2. The van der Waals surface area contributed by atoms with Crippen LogP contribution in [-0.4, -0.2) is 0 Å². The first kappa shape index (κ1) is 12.6. The van der Waals surface area contributed by atoms with E-state index >= 15 is 0 Å². The van der Waals surface area contributed by atoms with Crippen LogP contribution in [0.5, 0.6) is 0 Å². The molecule has 2 bridgehead atoms. The van der Waals surface area contributed by atoms with Crippen molar-refractivity contribution in [2.75, 3.05) is 0 Å². The average Bonchev–Trinajstić information content (AvgIpc) is 2.42. The molecule has 3 fully saturated rings. The minimum Gasteiger partial charge on any atom is -0.143 e. The van der Waals surface area contributed by atoms with Gasteiger partial charge in [0.1, 0.15) is 0 Å². The molecule has 3 saturated carbocycles. The van der Waals surface area contributed by atoms with E-state index in [1.165, 1.54) is 51.4 Å². The van der Waals surface area contributed by atoms with Crippen molar-refractivity contribution in [3.8, 4) is 0 Å². The summed E-state index contributed by atoms with van der Waals surface area (Å²) in [4.78, 5) is 1.09. The molecule has 0 atom stereocenters. The third kappa shape index (κ3) is 2.01. The monoisotopic (exact) mass is 260 g/mol. The molecule has 0 spiro atoms. The van der Waals surface area contributed by atoms with Gasteiger partial charge in [-0.3, -0.25) is 0 Å². The van der Waals surface area contributed by atoms with Crippen LogP contribution in [0.25, 0.3) is 0 Å². The highest BCUT2D eigenvalue weighted by atomic mass is 32.1. The molecule has 0 N–H and O–H groups in total. The highest BCUT2D eigenvalue weighted by Gasteiger charge is 2.48. The van der Waals surface area contributed by atoms with Gasteiger partial charge in [-0.25, -0.2) is 0 Å². The number of hydrogen-bond donors (Lipinski definition) is 1. The summed E-state index contributed by atoms with van der Waals surface area (Å²) in [7, 11) is 0. The van der Waals surface area contributed by atoms with Crippen LogP contribution < -0.4 is 0 Å². The minimum absolute atomic E-state index is 0.511. The van der Waals surface area contributed by atoms with Crippen molar-refractivity contribution in [1.29, 1.82) is 0 Å². The molecule has 3 aliphatic carbocycles. The molecular formula is C17H24S. The summed E-state index contributed by atoms with van der Waals surface area (Å²) in [6, 6.07) is 8.96. The van der Waals surface area contributed by atoms with Crippen LogP contribution in [0, 0.1) is 5.41 Å². The zero-order valence-electron chi connectivity index (χ0n) is 11.4. The number of rotatable bonds is 3. The highest BCUT2D eigenvalue weighted by molar-refractivity contribution is 7.80. The van der Waals surface area contributed by atoms with Gasteiger partial charge >= 0.3 is 0 Å². The van der Waals surface area contributed by atoms with Crippen molar-refractivity contribution in [2.24, 2.45) is 5.41 Å². The van der Waals surface area contributed by atoms with Gasteiger partial charge in [-0.15, -0.1) is 12.6 Å². The summed E-state index contributed by atoms with van der Waals surface area (Å²) in [5.74, 6) is 0. The Morgan fingerprint density at radius 3 is 2.00 bits per heavy atom. The van der Waals surface area contributed by atoms with Crippen LogP contribution in [0.2, 0.25) is 0 Å². The van der Waals surface area contributed by atoms with Crippen molar-refractivity contribution in [3.63, 3.8) is 0 Å². The third-order valence-electron chi connectivity index (χ3n) is 5.66. The summed E-state index contributed by atoms with van der Waals surface area (Å²) < 4.78 is 0. The third-order valence-corrected chi connectivity index (χ3v) is 5.96. The van der Waals surface area contributed by atoms with Crippen molar-refractivity contribution < 1.29 is 0 Å². The zero-order chi connectivity index (χ0) is 12.6. The zero-order valence-corrected chi connectivity index (χ0v) is 12.3. The van der Waals surface area contributed by atoms with Crippen LogP contribution in [-0.2, 0) is 5.41 Å². The molecule has 0 amide bonds. The lowest BCUT2D eigenvalue weighted by molar-refractivity contribution is 0.0320. The first-order valence-electron chi connectivity index (χ1n) is 7.48. The second-order valence-corrected chi connectivity index (χ2v) is 7.09. The van der Waals surface area contributed by atoms with Crippen molar-refractivity contribution >= 4 is 12.6 Å². The van der Waals surface area contributed by atoms with Gasteiger partial charge in [0.25, 0.3) is 0 Å².